The molecule has 2 aliphatic heterocycles. The zero-order chi connectivity index (χ0) is 23.7. The van der Waals surface area contributed by atoms with Gasteiger partial charge in [-0.1, -0.05) is 37.1 Å². The minimum atomic E-state index is -1.09. The lowest BCUT2D eigenvalue weighted by molar-refractivity contribution is -0.145. The molecule has 0 bridgehead atoms. The average Bonchev–Trinajstić information content (AvgIpc) is 3.46. The molecule has 34 heavy (non-hydrogen) atoms. The molecule has 1 atom stereocenters. The number of hydrogen-bond donors (Lipinski definition) is 0. The minimum absolute atomic E-state index is 0.0166. The smallest absolute Gasteiger partial charge is 0.241 e. The van der Waals surface area contributed by atoms with Gasteiger partial charge in [0.25, 0.3) is 0 Å². The first-order chi connectivity index (χ1) is 16.5. The van der Waals surface area contributed by atoms with Crippen molar-refractivity contribution in [2.45, 2.75) is 75.7 Å². The number of piperidine rings is 1. The summed E-state index contributed by atoms with van der Waals surface area (Å²) in [6.45, 7) is 3.31. The van der Waals surface area contributed by atoms with Crippen molar-refractivity contribution in [1.29, 1.82) is 0 Å². The average molecular weight is 460 g/mol. The first-order valence-corrected chi connectivity index (χ1v) is 12.6. The summed E-state index contributed by atoms with van der Waals surface area (Å²) < 4.78 is 0. The van der Waals surface area contributed by atoms with Crippen LogP contribution >= 0.6 is 0 Å². The van der Waals surface area contributed by atoms with Gasteiger partial charge in [-0.2, -0.15) is 0 Å². The quantitative estimate of drug-likeness (QED) is 0.631. The first kappa shape index (κ1) is 22.8. The standard InChI is InChI=1S/C28H33N3O3/c1-20-6-2-5-9-24(20)28(19-26(33)31(27(28)34)23-7-3-4-8-23)18-25(32)30-16-12-22(13-17-30)21-10-14-29-15-11-21/h2,5-6,9-11,14-15,22-23H,3-4,7-8,12-13,16-19H2,1H3/t28-/m0/s1. The van der Waals surface area contributed by atoms with Crippen LogP contribution in [0.25, 0.3) is 0 Å². The highest BCUT2D eigenvalue weighted by molar-refractivity contribution is 6.11. The normalized spacial score (nSPS) is 24.3. The van der Waals surface area contributed by atoms with Crippen molar-refractivity contribution in [3.05, 3.63) is 65.5 Å². The molecule has 1 aromatic carbocycles. The van der Waals surface area contributed by atoms with E-state index in [0.29, 0.717) is 19.0 Å². The Balaban J connectivity index is 1.38. The highest BCUT2D eigenvalue weighted by Gasteiger charge is 2.56. The molecule has 5 rings (SSSR count). The third kappa shape index (κ3) is 4.04. The zero-order valence-electron chi connectivity index (χ0n) is 19.9. The number of nitrogens with zero attached hydrogens (tertiary/aromatic N) is 3. The highest BCUT2D eigenvalue weighted by Crippen LogP contribution is 2.44. The maximum atomic E-state index is 14.0. The molecule has 3 heterocycles. The van der Waals surface area contributed by atoms with E-state index in [1.165, 1.54) is 10.5 Å². The summed E-state index contributed by atoms with van der Waals surface area (Å²) in [5.41, 5.74) is 1.96. The van der Waals surface area contributed by atoms with Crippen LogP contribution in [0.1, 0.15) is 74.0 Å². The summed E-state index contributed by atoms with van der Waals surface area (Å²) in [5, 5.41) is 0. The van der Waals surface area contributed by atoms with Gasteiger partial charge in [-0.15, -0.1) is 0 Å². The Hall–Kier alpha value is -3.02. The lowest BCUT2D eigenvalue weighted by Gasteiger charge is -2.36. The van der Waals surface area contributed by atoms with E-state index in [1.807, 2.05) is 48.5 Å². The monoisotopic (exact) mass is 459 g/mol. The fourth-order valence-corrected chi connectivity index (χ4v) is 6.32. The summed E-state index contributed by atoms with van der Waals surface area (Å²) in [4.78, 5) is 48.3. The molecule has 0 radical (unpaired) electrons. The summed E-state index contributed by atoms with van der Waals surface area (Å²) in [6.07, 6.45) is 9.42. The van der Waals surface area contributed by atoms with Gasteiger partial charge in [0.05, 0.1) is 5.41 Å². The molecule has 178 valence electrons. The fourth-order valence-electron chi connectivity index (χ4n) is 6.32. The van der Waals surface area contributed by atoms with E-state index in [4.69, 9.17) is 0 Å². The van der Waals surface area contributed by atoms with Crippen LogP contribution in [-0.2, 0) is 19.8 Å². The second-order valence-corrected chi connectivity index (χ2v) is 10.2. The Kier molecular flexibility index (Phi) is 6.24. The Morgan fingerprint density at radius 3 is 2.35 bits per heavy atom. The largest absolute Gasteiger partial charge is 0.343 e. The van der Waals surface area contributed by atoms with Gasteiger partial charge in [0, 0.05) is 44.4 Å². The molecule has 6 nitrogen and oxygen atoms in total. The van der Waals surface area contributed by atoms with E-state index in [2.05, 4.69) is 17.1 Å². The topological polar surface area (TPSA) is 70.6 Å². The van der Waals surface area contributed by atoms with Crippen LogP contribution in [0.15, 0.2) is 48.8 Å². The predicted octanol–water partition coefficient (Wildman–Crippen LogP) is 4.13. The summed E-state index contributed by atoms with van der Waals surface area (Å²) in [6, 6.07) is 11.8. The van der Waals surface area contributed by atoms with Crippen LogP contribution in [0.4, 0.5) is 0 Å². The number of amides is 3. The number of hydrogen-bond acceptors (Lipinski definition) is 4. The SMILES string of the molecule is Cc1ccccc1[C@]1(CC(=O)N2CCC(c3ccncc3)CC2)CC(=O)N(C2CCCC2)C1=O. The molecule has 3 aliphatic rings. The first-order valence-electron chi connectivity index (χ1n) is 12.6. The molecule has 3 fully saturated rings. The molecular weight excluding hydrogens is 426 g/mol. The number of benzene rings is 1. The molecule has 1 aromatic heterocycles. The van der Waals surface area contributed by atoms with Gasteiger partial charge in [-0.05, 0) is 67.3 Å². The maximum absolute atomic E-state index is 14.0. The van der Waals surface area contributed by atoms with Crippen molar-refractivity contribution in [3.63, 3.8) is 0 Å². The molecule has 0 N–H and O–H groups in total. The maximum Gasteiger partial charge on any atom is 0.241 e. The van der Waals surface area contributed by atoms with Crippen molar-refractivity contribution in [1.82, 2.24) is 14.8 Å². The molecule has 1 saturated carbocycles. The summed E-state index contributed by atoms with van der Waals surface area (Å²) >= 11 is 0. The van der Waals surface area contributed by atoms with Gasteiger partial charge >= 0.3 is 0 Å². The molecule has 0 unspecified atom stereocenters. The van der Waals surface area contributed by atoms with Crippen molar-refractivity contribution >= 4 is 17.7 Å². The Morgan fingerprint density at radius 1 is 1.00 bits per heavy atom. The van der Waals surface area contributed by atoms with Gasteiger partial charge in [0.15, 0.2) is 0 Å². The molecule has 2 aromatic rings. The molecule has 3 amide bonds. The Labute approximate surface area is 201 Å². The van der Waals surface area contributed by atoms with E-state index in [1.54, 1.807) is 0 Å². The lowest BCUT2D eigenvalue weighted by atomic mass is 9.73. The van der Waals surface area contributed by atoms with Gasteiger partial charge in [0.2, 0.25) is 17.7 Å². The molecule has 0 spiro atoms. The van der Waals surface area contributed by atoms with Gasteiger partial charge in [0.1, 0.15) is 0 Å². The second kappa shape index (κ2) is 9.32. The van der Waals surface area contributed by atoms with Gasteiger partial charge in [-0.3, -0.25) is 24.3 Å². The van der Waals surface area contributed by atoms with Gasteiger partial charge in [-0.25, -0.2) is 0 Å². The third-order valence-corrected chi connectivity index (χ3v) is 8.18. The van der Waals surface area contributed by atoms with Crippen molar-refractivity contribution in [3.8, 4) is 0 Å². The number of rotatable bonds is 5. The van der Waals surface area contributed by atoms with Crippen molar-refractivity contribution < 1.29 is 14.4 Å². The number of pyridine rings is 1. The van der Waals surface area contributed by atoms with Crippen LogP contribution in [0.3, 0.4) is 0 Å². The van der Waals surface area contributed by atoms with E-state index >= 15 is 0 Å². The van der Waals surface area contributed by atoms with Crippen molar-refractivity contribution in [2.75, 3.05) is 13.1 Å². The van der Waals surface area contributed by atoms with E-state index in [9.17, 15) is 14.4 Å². The van der Waals surface area contributed by atoms with Crippen LogP contribution in [0.2, 0.25) is 0 Å². The predicted molar refractivity (Wildman–Crippen MR) is 129 cm³/mol. The zero-order valence-corrected chi connectivity index (χ0v) is 19.9. The number of imide groups is 1. The van der Waals surface area contributed by atoms with Crippen LogP contribution in [0.5, 0.6) is 0 Å². The van der Waals surface area contributed by atoms with E-state index < -0.39 is 5.41 Å². The number of likely N-dealkylation sites (tertiary alicyclic amines) is 2. The van der Waals surface area contributed by atoms with Crippen LogP contribution in [0, 0.1) is 6.92 Å². The fraction of sp³-hybridized carbons (Fsp3) is 0.500. The summed E-state index contributed by atoms with van der Waals surface area (Å²) in [5.74, 6) is 0.110. The lowest BCUT2D eigenvalue weighted by Crippen LogP contribution is -2.47. The van der Waals surface area contributed by atoms with Crippen LogP contribution < -0.4 is 0 Å². The molecule has 2 saturated heterocycles. The Morgan fingerprint density at radius 2 is 1.68 bits per heavy atom. The number of carbonyl (C=O) groups excluding carboxylic acids is 3. The van der Waals surface area contributed by atoms with E-state index in [0.717, 1.165) is 49.7 Å². The number of carbonyl (C=O) groups is 3. The van der Waals surface area contributed by atoms with Crippen molar-refractivity contribution in [2.24, 2.45) is 0 Å². The number of aryl methyl sites for hydroxylation is 1. The number of aromatic nitrogens is 1. The second-order valence-electron chi connectivity index (χ2n) is 10.2. The third-order valence-electron chi connectivity index (χ3n) is 8.18. The van der Waals surface area contributed by atoms with Gasteiger partial charge < -0.3 is 4.90 Å². The minimum Gasteiger partial charge on any atom is -0.343 e. The molecule has 1 aliphatic carbocycles. The Bertz CT molecular complexity index is 1070. The van der Waals surface area contributed by atoms with E-state index in [-0.39, 0.29) is 36.6 Å². The summed E-state index contributed by atoms with van der Waals surface area (Å²) in [7, 11) is 0. The molecular formula is C28H33N3O3. The van der Waals surface area contributed by atoms with Crippen LogP contribution in [-0.4, -0.2) is 51.6 Å². The molecule has 6 heteroatoms. The highest BCUT2D eigenvalue weighted by atomic mass is 16.2.